The topological polar surface area (TPSA) is 11.4 Å². The maximum Gasteiger partial charge on any atom is 0.0747 e. The number of aromatic nitrogens is 1. The summed E-state index contributed by atoms with van der Waals surface area (Å²) >= 11 is 0. The summed E-state index contributed by atoms with van der Waals surface area (Å²) in [6, 6.07) is 96.2. The fraction of sp³-hybridized carbons (Fsp3) is 0.0154. The fourth-order valence-electron chi connectivity index (χ4n) is 11.9. The fourth-order valence-corrected chi connectivity index (χ4v) is 11.9. The van der Waals surface area contributed by atoms with Gasteiger partial charge in [0.05, 0.1) is 27.8 Å². The summed E-state index contributed by atoms with van der Waals surface area (Å²) in [5.41, 5.74) is 19.8. The Bertz CT molecular complexity index is 3870. The van der Waals surface area contributed by atoms with Gasteiger partial charge in [-0.05, 0) is 129 Å². The van der Waals surface area contributed by atoms with Crippen molar-refractivity contribution in [2.45, 2.75) is 5.41 Å². The molecule has 1 spiro atoms. The summed E-state index contributed by atoms with van der Waals surface area (Å²) in [6.45, 7) is 0. The van der Waals surface area contributed by atoms with Gasteiger partial charge in [0.2, 0.25) is 0 Å². The smallest absolute Gasteiger partial charge is 0.0747 e. The third kappa shape index (κ3) is 5.41. The molecule has 0 radical (unpaired) electrons. The third-order valence-corrected chi connectivity index (χ3v) is 14.5. The van der Waals surface area contributed by atoms with E-state index in [4.69, 9.17) is 0 Å². The van der Waals surface area contributed by atoms with Crippen LogP contribution in [0, 0.1) is 0 Å². The first kappa shape index (κ1) is 38.4. The third-order valence-electron chi connectivity index (χ3n) is 14.5. The number of hydrogen-bond donors (Lipinski definition) is 0. The predicted molar refractivity (Wildman–Crippen MR) is 284 cm³/mol. The maximum absolute atomic E-state index is 2.54. The molecule has 1 aromatic heterocycles. The van der Waals surface area contributed by atoms with Crippen molar-refractivity contribution in [2.24, 2.45) is 0 Å². The van der Waals surface area contributed by atoms with Gasteiger partial charge in [-0.15, -0.1) is 0 Å². The van der Waals surface area contributed by atoms with E-state index in [9.17, 15) is 0 Å². The van der Waals surface area contributed by atoms with Crippen LogP contribution in [0.4, 0.5) is 34.1 Å². The van der Waals surface area contributed by atoms with Crippen LogP contribution in [0.5, 0.6) is 0 Å². The average molecular weight is 866 g/mol. The highest BCUT2D eigenvalue weighted by Gasteiger charge is 2.54. The number of benzene rings is 11. The van der Waals surface area contributed by atoms with Crippen LogP contribution in [0.2, 0.25) is 0 Å². The molecule has 0 fully saturated rings. The first-order chi connectivity index (χ1) is 33.8. The molecule has 11 aromatic carbocycles. The summed E-state index contributed by atoms with van der Waals surface area (Å²) in [4.78, 5) is 4.98. The highest BCUT2D eigenvalue weighted by Crippen LogP contribution is 2.68. The summed E-state index contributed by atoms with van der Waals surface area (Å²) in [5.74, 6) is 0. The van der Waals surface area contributed by atoms with Crippen LogP contribution >= 0.6 is 0 Å². The Morgan fingerprint density at radius 2 is 0.809 bits per heavy atom. The standard InChI is InChI=1S/C65H43N3/c1-5-23-45(24-6-1)66(46-25-7-2-8-26-46)60-39-21-37-57-63(60)53-34-16-19-36-56(53)65(57)55-35-18-15-33-52(55)62-50-31-14-13-22-44(50)42-61(64(62)65)67(47-27-9-3-10-28-47)49-40-41-59-54(43-49)51-32-17-20-38-58(51)68(59)48-29-11-4-12-30-48/h1-43H. The van der Waals surface area contributed by atoms with E-state index in [0.717, 1.165) is 39.8 Å². The van der Waals surface area contributed by atoms with Crippen LogP contribution in [-0.4, -0.2) is 4.57 Å². The van der Waals surface area contributed by atoms with Crippen molar-refractivity contribution < 1.29 is 0 Å². The Kier molecular flexibility index (Phi) is 8.50. The molecule has 1 heterocycles. The molecule has 0 saturated heterocycles. The van der Waals surface area contributed by atoms with Crippen molar-refractivity contribution in [3.63, 3.8) is 0 Å². The number of nitrogens with zero attached hydrogens (tertiary/aromatic N) is 3. The zero-order valence-corrected chi connectivity index (χ0v) is 37.2. The Morgan fingerprint density at radius 1 is 0.309 bits per heavy atom. The lowest BCUT2D eigenvalue weighted by molar-refractivity contribution is 0.793. The lowest BCUT2D eigenvalue weighted by Crippen LogP contribution is -2.28. The molecule has 0 aliphatic heterocycles. The summed E-state index contributed by atoms with van der Waals surface area (Å²) < 4.78 is 2.40. The molecule has 1 unspecified atom stereocenters. The number of para-hydroxylation sites is 5. The number of rotatable bonds is 7. The molecule has 2 aliphatic rings. The number of anilines is 6. The number of fused-ring (bicyclic) bond motifs is 15. The molecule has 3 heteroatoms. The molecule has 318 valence electrons. The average Bonchev–Trinajstić information content (AvgIpc) is 4.02. The van der Waals surface area contributed by atoms with Gasteiger partial charge in [0.1, 0.15) is 0 Å². The Balaban J connectivity index is 1.11. The molecule has 1 atom stereocenters. The van der Waals surface area contributed by atoms with Gasteiger partial charge in [-0.25, -0.2) is 0 Å². The highest BCUT2D eigenvalue weighted by atomic mass is 15.2. The van der Waals surface area contributed by atoms with E-state index in [1.807, 2.05) is 0 Å². The second-order valence-electron chi connectivity index (χ2n) is 18.0. The molecule has 2 aliphatic carbocycles. The van der Waals surface area contributed by atoms with Crippen LogP contribution in [-0.2, 0) is 5.41 Å². The van der Waals surface area contributed by atoms with E-state index in [1.165, 1.54) is 77.1 Å². The van der Waals surface area contributed by atoms with Crippen LogP contribution in [0.3, 0.4) is 0 Å². The maximum atomic E-state index is 2.54. The van der Waals surface area contributed by atoms with Gasteiger partial charge in [0.25, 0.3) is 0 Å². The molecular formula is C65H43N3. The van der Waals surface area contributed by atoms with Crippen molar-refractivity contribution >= 4 is 66.7 Å². The van der Waals surface area contributed by atoms with E-state index in [1.54, 1.807) is 0 Å². The van der Waals surface area contributed by atoms with E-state index in [-0.39, 0.29) is 0 Å². The normalized spacial score (nSPS) is 14.2. The molecule has 0 saturated carbocycles. The van der Waals surface area contributed by atoms with Gasteiger partial charge in [-0.2, -0.15) is 0 Å². The highest BCUT2D eigenvalue weighted by molar-refractivity contribution is 6.14. The molecule has 14 rings (SSSR count). The molecule has 68 heavy (non-hydrogen) atoms. The van der Waals surface area contributed by atoms with Gasteiger partial charge >= 0.3 is 0 Å². The Hall–Kier alpha value is -8.92. The van der Waals surface area contributed by atoms with Gasteiger partial charge in [-0.3, -0.25) is 0 Å². The summed E-state index contributed by atoms with van der Waals surface area (Å²) in [6.07, 6.45) is 0. The minimum Gasteiger partial charge on any atom is -0.310 e. The quantitative estimate of drug-likeness (QED) is 0.158. The minimum atomic E-state index is -0.674. The van der Waals surface area contributed by atoms with E-state index in [2.05, 4.69) is 275 Å². The zero-order chi connectivity index (χ0) is 44.8. The largest absolute Gasteiger partial charge is 0.310 e. The summed E-state index contributed by atoms with van der Waals surface area (Å²) in [7, 11) is 0. The SMILES string of the molecule is c1ccc(N(c2ccccc2)c2cccc3c2-c2ccccc2C32c3ccccc3-c3c2c(N(c2ccccc2)c2ccc4c(c2)c2ccccc2n4-c2ccccc2)cc2ccccc32)cc1. The lowest BCUT2D eigenvalue weighted by Gasteiger charge is -2.36. The molecule has 0 N–H and O–H groups in total. The zero-order valence-electron chi connectivity index (χ0n) is 37.2. The monoisotopic (exact) mass is 865 g/mol. The first-order valence-corrected chi connectivity index (χ1v) is 23.5. The Morgan fingerprint density at radius 3 is 1.47 bits per heavy atom. The molecular weight excluding hydrogens is 823 g/mol. The van der Waals surface area contributed by atoms with Gasteiger partial charge in [0.15, 0.2) is 0 Å². The van der Waals surface area contributed by atoms with Gasteiger partial charge in [-0.1, -0.05) is 176 Å². The van der Waals surface area contributed by atoms with E-state index < -0.39 is 5.41 Å². The second kappa shape index (κ2) is 15.1. The Labute approximate surface area is 395 Å². The van der Waals surface area contributed by atoms with Crippen molar-refractivity contribution in [1.29, 1.82) is 0 Å². The van der Waals surface area contributed by atoms with Crippen LogP contribution < -0.4 is 9.80 Å². The summed E-state index contributed by atoms with van der Waals surface area (Å²) in [5, 5.41) is 4.89. The van der Waals surface area contributed by atoms with Crippen LogP contribution in [0.15, 0.2) is 261 Å². The van der Waals surface area contributed by atoms with Crippen molar-refractivity contribution in [3.05, 3.63) is 283 Å². The second-order valence-corrected chi connectivity index (χ2v) is 18.0. The van der Waals surface area contributed by atoms with Gasteiger partial charge in [0, 0.05) is 50.3 Å². The van der Waals surface area contributed by atoms with Crippen LogP contribution in [0.25, 0.3) is 60.5 Å². The molecule has 12 aromatic rings. The van der Waals surface area contributed by atoms with Crippen LogP contribution in [0.1, 0.15) is 22.3 Å². The molecule has 0 amide bonds. The van der Waals surface area contributed by atoms with Crippen molar-refractivity contribution in [3.8, 4) is 27.9 Å². The minimum absolute atomic E-state index is 0.674. The molecule has 0 bridgehead atoms. The van der Waals surface area contributed by atoms with Crippen molar-refractivity contribution in [1.82, 2.24) is 4.57 Å². The first-order valence-electron chi connectivity index (χ1n) is 23.5. The van der Waals surface area contributed by atoms with Gasteiger partial charge < -0.3 is 14.4 Å². The lowest BCUT2D eigenvalue weighted by atomic mass is 9.69. The molecule has 3 nitrogen and oxygen atoms in total. The van der Waals surface area contributed by atoms with E-state index >= 15 is 0 Å². The predicted octanol–water partition coefficient (Wildman–Crippen LogP) is 17.2. The number of hydrogen-bond acceptors (Lipinski definition) is 2. The van der Waals surface area contributed by atoms with Crippen molar-refractivity contribution in [2.75, 3.05) is 9.80 Å². The van der Waals surface area contributed by atoms with E-state index in [0.29, 0.717) is 0 Å².